The number of alkyl carbamates (subject to hydrolysis) is 1. The number of hydrogen-bond acceptors (Lipinski definition) is 3. The monoisotopic (exact) mass is 507 g/mol. The zero-order valence-electron chi connectivity index (χ0n) is 17.7. The van der Waals surface area contributed by atoms with Gasteiger partial charge in [-0.05, 0) is 95.0 Å². The number of rotatable bonds is 3. The second-order valence-electron chi connectivity index (χ2n) is 9.80. The molecule has 0 radical (unpaired) electrons. The summed E-state index contributed by atoms with van der Waals surface area (Å²) < 4.78 is 12.7. The van der Waals surface area contributed by atoms with Crippen molar-refractivity contribution in [2.75, 3.05) is 6.61 Å². The molecular formula is C24H30INO3. The van der Waals surface area contributed by atoms with Crippen molar-refractivity contribution in [3.63, 3.8) is 0 Å². The van der Waals surface area contributed by atoms with Crippen LogP contribution >= 0.6 is 22.6 Å². The fourth-order valence-electron chi connectivity index (χ4n) is 4.60. The number of fused-ring (bicyclic) bond motifs is 1. The van der Waals surface area contributed by atoms with Crippen LogP contribution in [0.25, 0.3) is 10.8 Å². The summed E-state index contributed by atoms with van der Waals surface area (Å²) in [6, 6.07) is 10.6. The van der Waals surface area contributed by atoms with Gasteiger partial charge in [-0.3, -0.25) is 0 Å². The molecule has 1 saturated heterocycles. The minimum absolute atomic E-state index is 0.309. The molecule has 5 heteroatoms. The van der Waals surface area contributed by atoms with Crippen molar-refractivity contribution >= 4 is 39.5 Å². The Bertz CT molecular complexity index is 928. The van der Waals surface area contributed by atoms with Crippen LogP contribution in [0, 0.1) is 14.9 Å². The molecule has 0 unspecified atom stereocenters. The number of hydrogen-bond donors (Lipinski definition) is 1. The number of carbonyl (C=O) groups is 1. The van der Waals surface area contributed by atoms with Crippen LogP contribution in [0.2, 0.25) is 0 Å². The number of amides is 1. The lowest BCUT2D eigenvalue weighted by atomic mass is 9.72. The van der Waals surface area contributed by atoms with Crippen LogP contribution in [0.4, 0.5) is 4.79 Å². The SMILES string of the molecule is CC(C)(C)C1CCC(Oc2ccc3cc([C@@]4(C)COC(=O)N4)ccc3c2I)CC1. The van der Waals surface area contributed by atoms with Gasteiger partial charge in [0.15, 0.2) is 0 Å². The zero-order chi connectivity index (χ0) is 20.8. The first-order valence-corrected chi connectivity index (χ1v) is 11.6. The lowest BCUT2D eigenvalue weighted by Gasteiger charge is -2.37. The topological polar surface area (TPSA) is 47.6 Å². The third-order valence-corrected chi connectivity index (χ3v) is 7.73. The van der Waals surface area contributed by atoms with Gasteiger partial charge in [0.1, 0.15) is 12.4 Å². The first-order chi connectivity index (χ1) is 13.7. The number of ether oxygens (including phenoxy) is 2. The fourth-order valence-corrected chi connectivity index (χ4v) is 5.39. The lowest BCUT2D eigenvalue weighted by Crippen LogP contribution is -2.37. The van der Waals surface area contributed by atoms with Gasteiger partial charge in [0.05, 0.1) is 15.2 Å². The van der Waals surface area contributed by atoms with Gasteiger partial charge in [-0.2, -0.15) is 0 Å². The van der Waals surface area contributed by atoms with E-state index in [1.54, 1.807) is 0 Å². The highest BCUT2D eigenvalue weighted by Gasteiger charge is 2.36. The molecule has 1 aliphatic heterocycles. The minimum atomic E-state index is -0.475. The van der Waals surface area contributed by atoms with Gasteiger partial charge < -0.3 is 14.8 Å². The van der Waals surface area contributed by atoms with Crippen LogP contribution in [-0.4, -0.2) is 18.8 Å². The first kappa shape index (κ1) is 20.8. The number of nitrogens with one attached hydrogen (secondary N) is 1. The Hall–Kier alpha value is -1.50. The molecule has 1 amide bonds. The molecule has 156 valence electrons. The molecule has 2 aliphatic rings. The second-order valence-corrected chi connectivity index (χ2v) is 10.9. The molecule has 2 aromatic carbocycles. The van der Waals surface area contributed by atoms with E-state index in [1.807, 2.05) is 6.92 Å². The maximum absolute atomic E-state index is 11.5. The van der Waals surface area contributed by atoms with E-state index < -0.39 is 5.54 Å². The van der Waals surface area contributed by atoms with Crippen LogP contribution in [0.1, 0.15) is 58.9 Å². The van der Waals surface area contributed by atoms with Crippen LogP contribution < -0.4 is 10.1 Å². The van der Waals surface area contributed by atoms with Crippen LogP contribution in [0.3, 0.4) is 0 Å². The van der Waals surface area contributed by atoms with E-state index in [0.29, 0.717) is 18.1 Å². The van der Waals surface area contributed by atoms with Crippen LogP contribution in [0.5, 0.6) is 5.75 Å². The third kappa shape index (κ3) is 4.21. The van der Waals surface area contributed by atoms with E-state index in [2.05, 4.69) is 79.0 Å². The molecule has 1 aliphatic carbocycles. The average molecular weight is 507 g/mol. The van der Waals surface area contributed by atoms with Gasteiger partial charge in [-0.25, -0.2) is 4.79 Å². The Morgan fingerprint density at radius 3 is 2.48 bits per heavy atom. The Kier molecular flexibility index (Phi) is 5.47. The average Bonchev–Trinajstić information content (AvgIpc) is 3.03. The van der Waals surface area contributed by atoms with E-state index in [9.17, 15) is 4.79 Å². The van der Waals surface area contributed by atoms with Crippen LogP contribution in [-0.2, 0) is 10.3 Å². The van der Waals surface area contributed by atoms with Crippen molar-refractivity contribution in [1.29, 1.82) is 0 Å². The molecule has 2 fully saturated rings. The van der Waals surface area contributed by atoms with Gasteiger partial charge in [0.2, 0.25) is 0 Å². The molecule has 1 saturated carbocycles. The van der Waals surface area contributed by atoms with E-state index in [-0.39, 0.29) is 6.09 Å². The summed E-state index contributed by atoms with van der Waals surface area (Å²) in [5.74, 6) is 1.77. The molecule has 0 spiro atoms. The summed E-state index contributed by atoms with van der Waals surface area (Å²) in [5.41, 5.74) is 0.971. The standard InChI is InChI=1S/C24H30INO3/c1-23(2,3)16-6-9-18(10-7-16)29-20-12-5-15-13-17(8-11-19(15)21(20)25)24(4)14-28-22(27)26-24/h5,8,11-13,16,18H,6-7,9-10,14H2,1-4H3,(H,26,27)/t16?,18?,24-/m1/s1. The second kappa shape index (κ2) is 7.64. The van der Waals surface area contributed by atoms with Gasteiger partial charge in [-0.1, -0.05) is 39.0 Å². The van der Waals surface area contributed by atoms with E-state index in [0.717, 1.165) is 39.0 Å². The van der Waals surface area contributed by atoms with Crippen molar-refractivity contribution in [3.05, 3.63) is 39.5 Å². The molecule has 1 atom stereocenters. The lowest BCUT2D eigenvalue weighted by molar-refractivity contribution is 0.0878. The third-order valence-electron chi connectivity index (χ3n) is 6.62. The van der Waals surface area contributed by atoms with Gasteiger partial charge in [-0.15, -0.1) is 0 Å². The van der Waals surface area contributed by atoms with Crippen LogP contribution in [0.15, 0.2) is 30.3 Å². The highest BCUT2D eigenvalue weighted by molar-refractivity contribution is 14.1. The number of benzene rings is 2. The fraction of sp³-hybridized carbons (Fsp3) is 0.542. The molecule has 29 heavy (non-hydrogen) atoms. The minimum Gasteiger partial charge on any atom is -0.489 e. The normalized spacial score (nSPS) is 27.6. The summed E-state index contributed by atoms with van der Waals surface area (Å²) >= 11 is 2.40. The Balaban J connectivity index is 1.51. The molecule has 4 rings (SSSR count). The molecule has 1 N–H and O–H groups in total. The number of halogens is 1. The van der Waals surface area contributed by atoms with E-state index >= 15 is 0 Å². The van der Waals surface area contributed by atoms with Gasteiger partial charge in [0.25, 0.3) is 0 Å². The Morgan fingerprint density at radius 1 is 1.14 bits per heavy atom. The molecule has 4 nitrogen and oxygen atoms in total. The molecular weight excluding hydrogens is 477 g/mol. The van der Waals surface area contributed by atoms with Crippen molar-refractivity contribution in [3.8, 4) is 5.75 Å². The summed E-state index contributed by atoms with van der Waals surface area (Å²) in [6.45, 7) is 9.40. The number of carbonyl (C=O) groups excluding carboxylic acids is 1. The van der Waals surface area contributed by atoms with E-state index in [1.165, 1.54) is 18.2 Å². The Morgan fingerprint density at radius 2 is 1.86 bits per heavy atom. The maximum atomic E-state index is 11.5. The quantitative estimate of drug-likeness (QED) is 0.491. The van der Waals surface area contributed by atoms with Crippen molar-refractivity contribution in [1.82, 2.24) is 5.32 Å². The smallest absolute Gasteiger partial charge is 0.408 e. The van der Waals surface area contributed by atoms with Gasteiger partial charge >= 0.3 is 6.09 Å². The summed E-state index contributed by atoms with van der Waals surface area (Å²) in [6.07, 6.45) is 4.71. The molecule has 2 aromatic rings. The number of cyclic esters (lactones) is 1. The predicted octanol–water partition coefficient (Wildman–Crippen LogP) is 6.38. The highest BCUT2D eigenvalue weighted by Crippen LogP contribution is 2.40. The van der Waals surface area contributed by atoms with Crippen molar-refractivity contribution in [2.24, 2.45) is 11.3 Å². The molecule has 1 heterocycles. The largest absolute Gasteiger partial charge is 0.489 e. The summed E-state index contributed by atoms with van der Waals surface area (Å²) in [4.78, 5) is 11.5. The first-order valence-electron chi connectivity index (χ1n) is 10.5. The Labute approximate surface area is 186 Å². The van der Waals surface area contributed by atoms with Crippen molar-refractivity contribution in [2.45, 2.75) is 65.0 Å². The summed E-state index contributed by atoms with van der Waals surface area (Å²) in [5, 5.41) is 5.25. The zero-order valence-corrected chi connectivity index (χ0v) is 19.8. The van der Waals surface area contributed by atoms with Crippen molar-refractivity contribution < 1.29 is 14.3 Å². The summed E-state index contributed by atoms with van der Waals surface area (Å²) in [7, 11) is 0. The molecule has 0 aromatic heterocycles. The van der Waals surface area contributed by atoms with E-state index in [4.69, 9.17) is 9.47 Å². The predicted molar refractivity (Wildman–Crippen MR) is 124 cm³/mol. The maximum Gasteiger partial charge on any atom is 0.408 e. The van der Waals surface area contributed by atoms with Gasteiger partial charge in [0, 0.05) is 0 Å². The molecule has 0 bridgehead atoms. The highest BCUT2D eigenvalue weighted by atomic mass is 127.